The first-order valence-corrected chi connectivity index (χ1v) is 6.59. The Balaban J connectivity index is 2.13. The van der Waals surface area contributed by atoms with Crippen LogP contribution < -0.4 is 5.73 Å². The molecule has 21 heavy (non-hydrogen) atoms. The number of benzene rings is 1. The zero-order valence-electron chi connectivity index (χ0n) is 11.3. The van der Waals surface area contributed by atoms with Gasteiger partial charge in [-0.25, -0.2) is 0 Å². The first-order valence-electron chi connectivity index (χ1n) is 6.59. The molecule has 2 rings (SSSR count). The molecule has 4 nitrogen and oxygen atoms in total. The van der Waals surface area contributed by atoms with Crippen LogP contribution in [0, 0.1) is 5.92 Å². The molecule has 1 heterocycles. The van der Waals surface area contributed by atoms with E-state index in [9.17, 15) is 18.0 Å². The lowest BCUT2D eigenvalue weighted by Gasteiger charge is -2.27. The van der Waals surface area contributed by atoms with Crippen LogP contribution in [0.5, 0.6) is 0 Å². The van der Waals surface area contributed by atoms with E-state index in [0.29, 0.717) is 5.56 Å². The number of ether oxygens (including phenoxy) is 1. The van der Waals surface area contributed by atoms with Crippen LogP contribution in [0.3, 0.4) is 0 Å². The van der Waals surface area contributed by atoms with Gasteiger partial charge in [0.05, 0.1) is 19.1 Å². The van der Waals surface area contributed by atoms with Crippen molar-refractivity contribution in [1.29, 1.82) is 0 Å². The molecule has 7 heteroatoms. The molecular weight excluding hydrogens is 285 g/mol. The van der Waals surface area contributed by atoms with Gasteiger partial charge >= 0.3 is 6.18 Å². The van der Waals surface area contributed by atoms with Crippen molar-refractivity contribution in [1.82, 2.24) is 4.90 Å². The van der Waals surface area contributed by atoms with Crippen molar-refractivity contribution in [2.24, 2.45) is 11.7 Å². The largest absolute Gasteiger partial charge is 0.406 e. The monoisotopic (exact) mass is 302 g/mol. The number of alkyl halides is 3. The van der Waals surface area contributed by atoms with E-state index >= 15 is 0 Å². The first-order chi connectivity index (χ1) is 9.87. The van der Waals surface area contributed by atoms with Crippen LogP contribution in [-0.2, 0) is 16.1 Å². The van der Waals surface area contributed by atoms with E-state index in [0.717, 1.165) is 4.90 Å². The molecule has 0 spiro atoms. The highest BCUT2D eigenvalue weighted by Crippen LogP contribution is 2.22. The van der Waals surface area contributed by atoms with Crippen LogP contribution in [0.2, 0.25) is 0 Å². The van der Waals surface area contributed by atoms with Gasteiger partial charge in [0, 0.05) is 12.6 Å². The third kappa shape index (κ3) is 4.44. The van der Waals surface area contributed by atoms with E-state index in [4.69, 9.17) is 10.5 Å². The molecule has 1 saturated heterocycles. The average Bonchev–Trinajstić information content (AvgIpc) is 2.83. The number of amides is 1. The van der Waals surface area contributed by atoms with Gasteiger partial charge in [-0.05, 0) is 5.56 Å². The highest BCUT2D eigenvalue weighted by Gasteiger charge is 2.39. The molecule has 2 N–H and O–H groups in total. The molecule has 1 aromatic rings. The fourth-order valence-corrected chi connectivity index (χ4v) is 2.29. The zero-order chi connectivity index (χ0) is 15.5. The van der Waals surface area contributed by atoms with Gasteiger partial charge in [0.25, 0.3) is 0 Å². The molecule has 0 bridgehead atoms. The standard InChI is InChI=1S/C14H17F3N2O2/c15-14(16,17)9-19(6-10-4-2-1-3-5-10)13(20)11-7-21-8-12(11)18/h1-5,11-12H,6-9,18H2. The van der Waals surface area contributed by atoms with Crippen LogP contribution >= 0.6 is 0 Å². The molecule has 0 aromatic heterocycles. The normalized spacial score (nSPS) is 22.3. The van der Waals surface area contributed by atoms with Crippen molar-refractivity contribution in [3.8, 4) is 0 Å². The quantitative estimate of drug-likeness (QED) is 0.918. The van der Waals surface area contributed by atoms with Crippen LogP contribution in [0.1, 0.15) is 5.56 Å². The maximum atomic E-state index is 12.7. The van der Waals surface area contributed by atoms with Gasteiger partial charge in [-0.1, -0.05) is 30.3 Å². The Labute approximate surface area is 120 Å². The highest BCUT2D eigenvalue weighted by molar-refractivity contribution is 5.80. The molecule has 0 saturated carbocycles. The minimum atomic E-state index is -4.45. The van der Waals surface area contributed by atoms with Crippen molar-refractivity contribution in [2.45, 2.75) is 18.8 Å². The molecule has 1 fully saturated rings. The van der Waals surface area contributed by atoms with Gasteiger partial charge < -0.3 is 15.4 Å². The number of carbonyl (C=O) groups is 1. The van der Waals surface area contributed by atoms with Crippen LogP contribution in [0.15, 0.2) is 30.3 Å². The van der Waals surface area contributed by atoms with E-state index in [2.05, 4.69) is 0 Å². The Kier molecular flexibility index (Phi) is 4.84. The molecule has 2 unspecified atom stereocenters. The van der Waals surface area contributed by atoms with Crippen molar-refractivity contribution in [3.05, 3.63) is 35.9 Å². The second-order valence-corrected chi connectivity index (χ2v) is 5.10. The number of halogens is 3. The Morgan fingerprint density at radius 3 is 2.48 bits per heavy atom. The van der Waals surface area contributed by atoms with Crippen LogP contribution in [0.4, 0.5) is 13.2 Å². The molecule has 116 valence electrons. The van der Waals surface area contributed by atoms with Crippen molar-refractivity contribution >= 4 is 5.91 Å². The summed E-state index contributed by atoms with van der Waals surface area (Å²) in [6, 6.07) is 8.01. The number of rotatable bonds is 4. The molecule has 2 atom stereocenters. The minimum Gasteiger partial charge on any atom is -0.379 e. The molecule has 1 aromatic carbocycles. The number of carbonyl (C=O) groups excluding carboxylic acids is 1. The van der Waals surface area contributed by atoms with E-state index in [1.54, 1.807) is 30.3 Å². The Hall–Kier alpha value is -1.60. The lowest BCUT2D eigenvalue weighted by Crippen LogP contribution is -2.46. The van der Waals surface area contributed by atoms with Crippen LogP contribution in [0.25, 0.3) is 0 Å². The summed E-state index contributed by atoms with van der Waals surface area (Å²) in [5, 5.41) is 0. The minimum absolute atomic E-state index is 0.0726. The first kappa shape index (κ1) is 15.8. The Morgan fingerprint density at radius 2 is 1.95 bits per heavy atom. The van der Waals surface area contributed by atoms with Crippen molar-refractivity contribution in [2.75, 3.05) is 19.8 Å². The van der Waals surface area contributed by atoms with Gasteiger partial charge in [0.1, 0.15) is 6.54 Å². The third-order valence-corrected chi connectivity index (χ3v) is 3.34. The highest BCUT2D eigenvalue weighted by atomic mass is 19.4. The summed E-state index contributed by atoms with van der Waals surface area (Å²) >= 11 is 0. The maximum Gasteiger partial charge on any atom is 0.406 e. The Morgan fingerprint density at radius 1 is 1.29 bits per heavy atom. The summed E-state index contributed by atoms with van der Waals surface area (Å²) in [6.45, 7) is -1.11. The van der Waals surface area contributed by atoms with Crippen molar-refractivity contribution < 1.29 is 22.7 Å². The topological polar surface area (TPSA) is 55.6 Å². The van der Waals surface area contributed by atoms with Gasteiger partial charge in [-0.15, -0.1) is 0 Å². The van der Waals surface area contributed by atoms with Gasteiger partial charge in [-0.3, -0.25) is 4.79 Å². The fourth-order valence-electron chi connectivity index (χ4n) is 2.29. The van der Waals surface area contributed by atoms with E-state index in [-0.39, 0.29) is 19.8 Å². The number of hydrogen-bond acceptors (Lipinski definition) is 3. The van der Waals surface area contributed by atoms with E-state index in [1.807, 2.05) is 0 Å². The fraction of sp³-hybridized carbons (Fsp3) is 0.500. The second-order valence-electron chi connectivity index (χ2n) is 5.10. The molecule has 1 aliphatic heterocycles. The average molecular weight is 302 g/mol. The molecule has 1 amide bonds. The summed E-state index contributed by atoms with van der Waals surface area (Å²) in [7, 11) is 0. The molecule has 0 aliphatic carbocycles. The SMILES string of the molecule is NC1COCC1C(=O)N(Cc1ccccc1)CC(F)(F)F. The Bertz CT molecular complexity index is 479. The van der Waals surface area contributed by atoms with E-state index in [1.165, 1.54) is 0 Å². The molecule has 1 aliphatic rings. The summed E-state index contributed by atoms with van der Waals surface area (Å²) in [6.07, 6.45) is -4.45. The number of nitrogens with two attached hydrogens (primary N) is 1. The summed E-state index contributed by atoms with van der Waals surface area (Å²) in [5.41, 5.74) is 6.36. The van der Waals surface area contributed by atoms with Gasteiger partial charge in [0.15, 0.2) is 0 Å². The molecular formula is C14H17F3N2O2. The predicted octanol–water partition coefficient (Wildman–Crippen LogP) is 1.55. The molecule has 0 radical (unpaired) electrons. The smallest absolute Gasteiger partial charge is 0.379 e. The lowest BCUT2D eigenvalue weighted by molar-refractivity contribution is -0.165. The van der Waals surface area contributed by atoms with Crippen molar-refractivity contribution in [3.63, 3.8) is 0 Å². The summed E-state index contributed by atoms with van der Waals surface area (Å²) < 4.78 is 43.2. The summed E-state index contributed by atoms with van der Waals surface area (Å²) in [5.74, 6) is -1.32. The predicted molar refractivity (Wildman–Crippen MR) is 70.2 cm³/mol. The second kappa shape index (κ2) is 6.44. The summed E-state index contributed by atoms with van der Waals surface area (Å²) in [4.78, 5) is 13.1. The van der Waals surface area contributed by atoms with Crippen LogP contribution in [-0.4, -0.2) is 42.8 Å². The number of nitrogens with zero attached hydrogens (tertiary/aromatic N) is 1. The van der Waals surface area contributed by atoms with E-state index < -0.39 is 30.6 Å². The zero-order valence-corrected chi connectivity index (χ0v) is 11.3. The lowest BCUT2D eigenvalue weighted by atomic mass is 10.0. The number of hydrogen-bond donors (Lipinski definition) is 1. The third-order valence-electron chi connectivity index (χ3n) is 3.34. The van der Waals surface area contributed by atoms with Gasteiger partial charge in [0.2, 0.25) is 5.91 Å². The maximum absolute atomic E-state index is 12.7. The van der Waals surface area contributed by atoms with Gasteiger partial charge in [-0.2, -0.15) is 13.2 Å².